The molecule has 1 aromatic heterocycles. The second-order valence-electron chi connectivity index (χ2n) is 3.53. The van der Waals surface area contributed by atoms with Gasteiger partial charge in [-0.15, -0.1) is 11.3 Å². The number of aryl methyl sites for hydroxylation is 1. The number of hydrogen-bond donors (Lipinski definition) is 2. The van der Waals surface area contributed by atoms with Gasteiger partial charge in [-0.25, -0.2) is 0 Å². The van der Waals surface area contributed by atoms with E-state index in [0.717, 1.165) is 19.5 Å². The molecule has 0 saturated carbocycles. The van der Waals surface area contributed by atoms with Gasteiger partial charge in [0.25, 0.3) is 0 Å². The van der Waals surface area contributed by atoms with Crippen LogP contribution >= 0.6 is 11.3 Å². The molecule has 1 aliphatic rings. The molecule has 0 radical (unpaired) electrons. The molecule has 72 valence electrons. The molecule has 2 N–H and O–H groups in total. The van der Waals surface area contributed by atoms with E-state index in [1.807, 2.05) is 0 Å². The third-order valence-electron chi connectivity index (χ3n) is 2.63. The monoisotopic (exact) mass is 197 g/mol. The molecule has 0 aromatic carbocycles. The molecule has 13 heavy (non-hydrogen) atoms. The van der Waals surface area contributed by atoms with E-state index in [1.54, 1.807) is 11.3 Å². The number of β-amino-alcohol motifs (C(OH)–C–C–N with tert-alkyl or cyclic N) is 1. The van der Waals surface area contributed by atoms with Crippen molar-refractivity contribution < 1.29 is 5.11 Å². The topological polar surface area (TPSA) is 32.3 Å². The maximum Gasteiger partial charge on any atom is 0.0745 e. The van der Waals surface area contributed by atoms with Crippen LogP contribution in [0, 0.1) is 0 Å². The lowest BCUT2D eigenvalue weighted by Crippen LogP contribution is -2.15. The lowest BCUT2D eigenvalue weighted by molar-refractivity contribution is 0.178. The van der Waals surface area contributed by atoms with Crippen molar-refractivity contribution in [2.24, 2.45) is 0 Å². The van der Waals surface area contributed by atoms with Gasteiger partial charge < -0.3 is 10.4 Å². The molecule has 2 unspecified atom stereocenters. The Morgan fingerprint density at radius 2 is 2.46 bits per heavy atom. The van der Waals surface area contributed by atoms with Gasteiger partial charge in [-0.3, -0.25) is 0 Å². The Hall–Kier alpha value is -0.380. The third-order valence-corrected chi connectivity index (χ3v) is 3.73. The van der Waals surface area contributed by atoms with Gasteiger partial charge in [-0.1, -0.05) is 6.92 Å². The number of rotatable bonds is 2. The maximum atomic E-state index is 9.67. The van der Waals surface area contributed by atoms with E-state index >= 15 is 0 Å². The Labute approximate surface area is 82.6 Å². The predicted molar refractivity (Wildman–Crippen MR) is 55.3 cm³/mol. The van der Waals surface area contributed by atoms with E-state index in [1.165, 1.54) is 10.4 Å². The Morgan fingerprint density at radius 1 is 1.62 bits per heavy atom. The summed E-state index contributed by atoms with van der Waals surface area (Å²) in [5.41, 5.74) is 1.30. The molecular weight excluding hydrogens is 182 g/mol. The molecule has 0 amide bonds. The minimum atomic E-state index is -0.195. The first-order chi connectivity index (χ1) is 6.31. The Morgan fingerprint density at radius 3 is 3.00 bits per heavy atom. The average Bonchev–Trinajstić information content (AvgIpc) is 2.71. The van der Waals surface area contributed by atoms with E-state index in [-0.39, 0.29) is 6.10 Å². The lowest BCUT2D eigenvalue weighted by Gasteiger charge is -2.10. The van der Waals surface area contributed by atoms with Crippen molar-refractivity contribution in [1.82, 2.24) is 5.32 Å². The van der Waals surface area contributed by atoms with Crippen LogP contribution in [0.4, 0.5) is 0 Å². The van der Waals surface area contributed by atoms with Crippen LogP contribution in [-0.2, 0) is 6.42 Å². The number of thiophene rings is 1. The van der Waals surface area contributed by atoms with Gasteiger partial charge in [0.1, 0.15) is 0 Å². The molecular formula is C10H15NOS. The largest absolute Gasteiger partial charge is 0.391 e. The molecule has 2 rings (SSSR count). The smallest absolute Gasteiger partial charge is 0.0745 e. The van der Waals surface area contributed by atoms with Crippen molar-refractivity contribution in [3.8, 4) is 0 Å². The summed E-state index contributed by atoms with van der Waals surface area (Å²) in [6.07, 6.45) is 0.903. The van der Waals surface area contributed by atoms with E-state index in [9.17, 15) is 5.11 Å². The van der Waals surface area contributed by atoms with Crippen LogP contribution in [0.5, 0.6) is 0 Å². The van der Waals surface area contributed by atoms with Gasteiger partial charge in [0, 0.05) is 23.9 Å². The minimum absolute atomic E-state index is 0.195. The van der Waals surface area contributed by atoms with Gasteiger partial charge in [-0.05, 0) is 23.4 Å². The highest BCUT2D eigenvalue weighted by Crippen LogP contribution is 2.27. The van der Waals surface area contributed by atoms with Crippen molar-refractivity contribution in [3.05, 3.63) is 21.9 Å². The first-order valence-corrected chi connectivity index (χ1v) is 5.65. The van der Waals surface area contributed by atoms with Crippen LogP contribution in [-0.4, -0.2) is 24.3 Å². The fourth-order valence-electron chi connectivity index (χ4n) is 1.78. The maximum absolute atomic E-state index is 9.67. The zero-order valence-electron chi connectivity index (χ0n) is 7.79. The van der Waals surface area contributed by atoms with Crippen LogP contribution in [0.3, 0.4) is 0 Å². The Kier molecular flexibility index (Phi) is 2.67. The van der Waals surface area contributed by atoms with Crippen LogP contribution in [0.15, 0.2) is 11.4 Å². The SMILES string of the molecule is CCc1cc(C2CNCC2O)cs1. The second kappa shape index (κ2) is 3.78. The molecule has 1 aliphatic heterocycles. The van der Waals surface area contributed by atoms with E-state index in [0.29, 0.717) is 5.92 Å². The Balaban J connectivity index is 2.15. The molecule has 2 atom stereocenters. The number of aliphatic hydroxyl groups is 1. The summed E-state index contributed by atoms with van der Waals surface area (Å²) < 4.78 is 0. The fraction of sp³-hybridized carbons (Fsp3) is 0.600. The highest BCUT2D eigenvalue weighted by atomic mass is 32.1. The minimum Gasteiger partial charge on any atom is -0.391 e. The standard InChI is InChI=1S/C10H15NOS/c1-2-8-3-7(6-13-8)9-4-11-5-10(9)12/h3,6,9-12H,2,4-5H2,1H3. The molecule has 1 aromatic rings. The van der Waals surface area contributed by atoms with Crippen molar-refractivity contribution >= 4 is 11.3 Å². The van der Waals surface area contributed by atoms with Crippen molar-refractivity contribution in [1.29, 1.82) is 0 Å². The van der Waals surface area contributed by atoms with Crippen molar-refractivity contribution in [3.63, 3.8) is 0 Å². The van der Waals surface area contributed by atoms with Crippen LogP contribution < -0.4 is 5.32 Å². The summed E-state index contributed by atoms with van der Waals surface area (Å²) in [5.74, 6) is 0.316. The summed E-state index contributed by atoms with van der Waals surface area (Å²) in [6.45, 7) is 3.82. The van der Waals surface area contributed by atoms with Crippen LogP contribution in [0.2, 0.25) is 0 Å². The molecule has 0 spiro atoms. The van der Waals surface area contributed by atoms with Gasteiger partial charge in [-0.2, -0.15) is 0 Å². The van der Waals surface area contributed by atoms with Crippen molar-refractivity contribution in [2.75, 3.05) is 13.1 Å². The summed E-state index contributed by atoms with van der Waals surface area (Å²) >= 11 is 1.80. The highest BCUT2D eigenvalue weighted by molar-refractivity contribution is 7.10. The number of aliphatic hydroxyl groups excluding tert-OH is 1. The first kappa shape index (κ1) is 9.19. The first-order valence-electron chi connectivity index (χ1n) is 4.77. The summed E-state index contributed by atoms with van der Waals surface area (Å²) in [7, 11) is 0. The molecule has 0 aliphatic carbocycles. The Bertz CT molecular complexity index is 284. The molecule has 1 fully saturated rings. The normalized spacial score (nSPS) is 28.2. The number of hydrogen-bond acceptors (Lipinski definition) is 3. The average molecular weight is 197 g/mol. The summed E-state index contributed by atoms with van der Waals surface area (Å²) in [4.78, 5) is 1.41. The molecule has 1 saturated heterocycles. The zero-order chi connectivity index (χ0) is 9.26. The fourth-order valence-corrected chi connectivity index (χ4v) is 2.68. The predicted octanol–water partition coefficient (Wildman–Crippen LogP) is 1.36. The van der Waals surface area contributed by atoms with E-state index in [4.69, 9.17) is 0 Å². The molecule has 3 heteroatoms. The summed E-state index contributed by atoms with van der Waals surface area (Å²) in [5, 5.41) is 15.0. The van der Waals surface area contributed by atoms with E-state index in [2.05, 4.69) is 23.7 Å². The van der Waals surface area contributed by atoms with E-state index < -0.39 is 0 Å². The molecule has 0 bridgehead atoms. The van der Waals surface area contributed by atoms with Crippen molar-refractivity contribution in [2.45, 2.75) is 25.4 Å². The van der Waals surface area contributed by atoms with Gasteiger partial charge >= 0.3 is 0 Å². The quantitative estimate of drug-likeness (QED) is 0.750. The third kappa shape index (κ3) is 1.77. The van der Waals surface area contributed by atoms with Gasteiger partial charge in [0.15, 0.2) is 0 Å². The zero-order valence-corrected chi connectivity index (χ0v) is 8.60. The highest BCUT2D eigenvalue weighted by Gasteiger charge is 2.26. The van der Waals surface area contributed by atoms with Crippen LogP contribution in [0.1, 0.15) is 23.3 Å². The van der Waals surface area contributed by atoms with Crippen LogP contribution in [0.25, 0.3) is 0 Å². The van der Waals surface area contributed by atoms with Gasteiger partial charge in [0.2, 0.25) is 0 Å². The van der Waals surface area contributed by atoms with Gasteiger partial charge in [0.05, 0.1) is 6.10 Å². The second-order valence-corrected chi connectivity index (χ2v) is 4.53. The summed E-state index contributed by atoms with van der Waals surface area (Å²) in [6, 6.07) is 2.23. The molecule has 2 heterocycles. The lowest BCUT2D eigenvalue weighted by atomic mass is 9.99. The molecule has 2 nitrogen and oxygen atoms in total. The number of nitrogens with one attached hydrogen (secondary N) is 1.